The van der Waals surface area contributed by atoms with Gasteiger partial charge in [0.1, 0.15) is 0 Å². The fourth-order valence-corrected chi connectivity index (χ4v) is 2.01. The highest BCUT2D eigenvalue weighted by molar-refractivity contribution is 4.63. The molecule has 30 heavy (non-hydrogen) atoms. The molecule has 0 aromatic heterocycles. The average Bonchev–Trinajstić information content (AvgIpc) is 2.76. The highest BCUT2D eigenvalue weighted by atomic mass is 16.6. The second-order valence-electron chi connectivity index (χ2n) is 6.63. The summed E-state index contributed by atoms with van der Waals surface area (Å²) in [6, 6.07) is 0. The lowest BCUT2D eigenvalue weighted by molar-refractivity contribution is -0.0233. The molecule has 0 fully saturated rings. The Hall–Kier alpha value is -0.580. The van der Waals surface area contributed by atoms with Gasteiger partial charge in [-0.2, -0.15) is 0 Å². The largest absolute Gasteiger partial charge is 0.379 e. The topological polar surface area (TPSA) is 73.8 Å². The third-order valence-corrected chi connectivity index (χ3v) is 3.94. The molecule has 0 aliphatic rings. The van der Waals surface area contributed by atoms with Gasteiger partial charge in [-0.3, -0.25) is 0 Å². The standard InChI is InChI=1S/C22H44O8/c1-4-6-23-7-8-24-9-10-25-11-12-26-13-14-27-15-16-28-17-18-29-19-20-30-21-22(3)5-2/h4,22H,1,5-21H2,2-3H3. The summed E-state index contributed by atoms with van der Waals surface area (Å²) >= 11 is 0. The van der Waals surface area contributed by atoms with Gasteiger partial charge < -0.3 is 37.9 Å². The van der Waals surface area contributed by atoms with Gasteiger partial charge in [0, 0.05) is 6.61 Å². The Labute approximate surface area is 183 Å². The molecule has 0 rings (SSSR count). The van der Waals surface area contributed by atoms with Gasteiger partial charge >= 0.3 is 0 Å². The zero-order valence-electron chi connectivity index (χ0n) is 19.1. The molecule has 0 aliphatic heterocycles. The van der Waals surface area contributed by atoms with Gasteiger partial charge in [-0.25, -0.2) is 0 Å². The monoisotopic (exact) mass is 436 g/mol. The van der Waals surface area contributed by atoms with Gasteiger partial charge in [0.2, 0.25) is 0 Å². The van der Waals surface area contributed by atoms with Crippen molar-refractivity contribution in [1.82, 2.24) is 0 Å². The summed E-state index contributed by atoms with van der Waals surface area (Å²) in [6.45, 7) is 17.2. The SMILES string of the molecule is C=CCOCCOCCOCCOCCOCCOCCOCCOCC(C)CC. The molecule has 0 aromatic carbocycles. The maximum atomic E-state index is 5.51. The van der Waals surface area contributed by atoms with Crippen LogP contribution in [0.3, 0.4) is 0 Å². The van der Waals surface area contributed by atoms with Crippen LogP contribution in [0.5, 0.6) is 0 Å². The van der Waals surface area contributed by atoms with E-state index >= 15 is 0 Å². The molecule has 0 aliphatic carbocycles. The third-order valence-electron chi connectivity index (χ3n) is 3.94. The van der Waals surface area contributed by atoms with Crippen molar-refractivity contribution in [3.05, 3.63) is 12.7 Å². The predicted molar refractivity (Wildman–Crippen MR) is 116 cm³/mol. The molecule has 1 atom stereocenters. The number of hydrogen-bond acceptors (Lipinski definition) is 8. The van der Waals surface area contributed by atoms with Crippen molar-refractivity contribution in [3.8, 4) is 0 Å². The van der Waals surface area contributed by atoms with E-state index < -0.39 is 0 Å². The van der Waals surface area contributed by atoms with Gasteiger partial charge in [0.05, 0.1) is 99.1 Å². The maximum absolute atomic E-state index is 5.51. The summed E-state index contributed by atoms with van der Waals surface area (Å²) in [4.78, 5) is 0. The Kier molecular flexibility index (Phi) is 25.9. The van der Waals surface area contributed by atoms with Crippen LogP contribution in [0.4, 0.5) is 0 Å². The minimum atomic E-state index is 0.542. The van der Waals surface area contributed by atoms with E-state index in [0.29, 0.717) is 105 Å². The first kappa shape index (κ1) is 29.4. The van der Waals surface area contributed by atoms with Gasteiger partial charge in [0.15, 0.2) is 0 Å². The van der Waals surface area contributed by atoms with E-state index in [4.69, 9.17) is 37.9 Å². The third kappa shape index (κ3) is 25.5. The first-order valence-corrected chi connectivity index (χ1v) is 11.0. The van der Waals surface area contributed by atoms with Crippen LogP contribution in [0.15, 0.2) is 12.7 Å². The Bertz CT molecular complexity index is 330. The Morgan fingerprint density at radius 2 is 0.833 bits per heavy atom. The van der Waals surface area contributed by atoms with E-state index in [2.05, 4.69) is 20.4 Å². The van der Waals surface area contributed by atoms with Crippen molar-refractivity contribution < 1.29 is 37.9 Å². The lowest BCUT2D eigenvalue weighted by Gasteiger charge is -2.10. The smallest absolute Gasteiger partial charge is 0.0704 e. The van der Waals surface area contributed by atoms with E-state index in [1.165, 1.54) is 0 Å². The maximum Gasteiger partial charge on any atom is 0.0704 e. The number of rotatable bonds is 26. The van der Waals surface area contributed by atoms with Crippen LogP contribution in [0.2, 0.25) is 0 Å². The van der Waals surface area contributed by atoms with Crippen LogP contribution >= 0.6 is 0 Å². The van der Waals surface area contributed by atoms with E-state index in [1.54, 1.807) is 6.08 Å². The van der Waals surface area contributed by atoms with E-state index in [-0.39, 0.29) is 0 Å². The van der Waals surface area contributed by atoms with Crippen molar-refractivity contribution in [3.63, 3.8) is 0 Å². The summed E-state index contributed by atoms with van der Waals surface area (Å²) in [7, 11) is 0. The average molecular weight is 437 g/mol. The molecule has 0 saturated heterocycles. The summed E-state index contributed by atoms with van der Waals surface area (Å²) in [5.74, 6) is 0.607. The second kappa shape index (κ2) is 26.5. The fraction of sp³-hybridized carbons (Fsp3) is 0.909. The zero-order valence-corrected chi connectivity index (χ0v) is 19.1. The zero-order chi connectivity index (χ0) is 22.0. The van der Waals surface area contributed by atoms with E-state index in [9.17, 15) is 0 Å². The predicted octanol–water partition coefficient (Wildman–Crippen LogP) is 2.35. The molecule has 0 saturated carbocycles. The molecule has 8 heteroatoms. The molecule has 180 valence electrons. The normalized spacial score (nSPS) is 12.3. The molecule has 0 bridgehead atoms. The van der Waals surface area contributed by atoms with Crippen LogP contribution in [0.1, 0.15) is 20.3 Å². The minimum Gasteiger partial charge on any atom is -0.379 e. The molecular formula is C22H44O8. The fourth-order valence-electron chi connectivity index (χ4n) is 2.01. The Balaban J connectivity index is 3.01. The molecule has 0 heterocycles. The molecule has 1 unspecified atom stereocenters. The van der Waals surface area contributed by atoms with Crippen LogP contribution in [0.25, 0.3) is 0 Å². The number of hydrogen-bond donors (Lipinski definition) is 0. The Morgan fingerprint density at radius 1 is 0.533 bits per heavy atom. The van der Waals surface area contributed by atoms with Crippen LogP contribution in [0, 0.1) is 5.92 Å². The van der Waals surface area contributed by atoms with Gasteiger partial charge in [-0.05, 0) is 5.92 Å². The van der Waals surface area contributed by atoms with E-state index in [0.717, 1.165) is 13.0 Å². The summed E-state index contributed by atoms with van der Waals surface area (Å²) < 4.78 is 43.2. The molecule has 0 radical (unpaired) electrons. The summed E-state index contributed by atoms with van der Waals surface area (Å²) in [6.07, 6.45) is 2.86. The van der Waals surface area contributed by atoms with Crippen molar-refractivity contribution in [2.75, 3.05) is 106 Å². The second-order valence-corrected chi connectivity index (χ2v) is 6.63. The van der Waals surface area contributed by atoms with E-state index in [1.807, 2.05) is 0 Å². The molecule has 0 amide bonds. The lowest BCUT2D eigenvalue weighted by atomic mass is 10.1. The first-order valence-electron chi connectivity index (χ1n) is 11.0. The van der Waals surface area contributed by atoms with Gasteiger partial charge in [-0.15, -0.1) is 6.58 Å². The van der Waals surface area contributed by atoms with Crippen LogP contribution < -0.4 is 0 Å². The number of ether oxygens (including phenoxy) is 8. The highest BCUT2D eigenvalue weighted by Gasteiger charge is 1.98. The summed E-state index contributed by atoms with van der Waals surface area (Å²) in [5.41, 5.74) is 0. The Morgan fingerprint density at radius 3 is 1.13 bits per heavy atom. The van der Waals surface area contributed by atoms with Crippen LogP contribution in [-0.2, 0) is 37.9 Å². The van der Waals surface area contributed by atoms with Gasteiger partial charge in [0.25, 0.3) is 0 Å². The van der Waals surface area contributed by atoms with Gasteiger partial charge in [-0.1, -0.05) is 26.3 Å². The molecular weight excluding hydrogens is 392 g/mol. The minimum absolute atomic E-state index is 0.542. The molecule has 0 spiro atoms. The first-order chi connectivity index (χ1) is 14.8. The highest BCUT2D eigenvalue weighted by Crippen LogP contribution is 1.99. The summed E-state index contributed by atoms with van der Waals surface area (Å²) in [5, 5.41) is 0. The lowest BCUT2D eigenvalue weighted by Crippen LogP contribution is -2.15. The van der Waals surface area contributed by atoms with Crippen molar-refractivity contribution >= 4 is 0 Å². The van der Waals surface area contributed by atoms with Crippen molar-refractivity contribution in [2.24, 2.45) is 5.92 Å². The molecule has 0 aromatic rings. The quantitative estimate of drug-likeness (QED) is 0.151. The van der Waals surface area contributed by atoms with Crippen molar-refractivity contribution in [2.45, 2.75) is 20.3 Å². The van der Waals surface area contributed by atoms with Crippen molar-refractivity contribution in [1.29, 1.82) is 0 Å². The van der Waals surface area contributed by atoms with Crippen LogP contribution in [-0.4, -0.2) is 106 Å². The molecule has 0 N–H and O–H groups in total. The molecule has 8 nitrogen and oxygen atoms in total.